The number of methoxy groups -OCH3 is 1. The number of nitrogens with one attached hydrogen (secondary N) is 1. The lowest BCUT2D eigenvalue weighted by Crippen LogP contribution is -2.28. The number of hydrogen-bond donors (Lipinski definition) is 1. The Balaban J connectivity index is 1.59. The average molecular weight is 289 g/mol. The summed E-state index contributed by atoms with van der Waals surface area (Å²) in [6.45, 7) is 2.64. The molecule has 0 saturated carbocycles. The molecule has 4 nitrogen and oxygen atoms in total. The fraction of sp³-hybridized carbons (Fsp3) is 0.588. The van der Waals surface area contributed by atoms with Crippen LogP contribution in [0.25, 0.3) is 0 Å². The highest BCUT2D eigenvalue weighted by molar-refractivity contribution is 5.75. The molecule has 1 aromatic rings. The number of carbonyl (C=O) groups is 1. The first kappa shape index (κ1) is 15.8. The Morgan fingerprint density at radius 2 is 2.19 bits per heavy atom. The van der Waals surface area contributed by atoms with Crippen LogP contribution in [0.15, 0.2) is 24.3 Å². The quantitative estimate of drug-likeness (QED) is 0.836. The second-order valence-electron chi connectivity index (χ2n) is 5.62. The fourth-order valence-electron chi connectivity index (χ4n) is 2.65. The summed E-state index contributed by atoms with van der Waals surface area (Å²) in [6, 6.07) is 7.97. The van der Waals surface area contributed by atoms with E-state index in [0.29, 0.717) is 18.9 Å². The van der Waals surface area contributed by atoms with Gasteiger partial charge in [0.25, 0.3) is 0 Å². The molecule has 1 amide bonds. The topological polar surface area (TPSA) is 52.4 Å². The third kappa shape index (κ3) is 5.76. The smallest absolute Gasteiger partial charge is 0.220 e. The van der Waals surface area contributed by atoms with E-state index in [1.807, 2.05) is 24.3 Å². The van der Waals surface area contributed by atoms with Crippen molar-refractivity contribution >= 4 is 5.91 Å². The molecule has 0 spiro atoms. The number of hydrogen-bond acceptors (Lipinski definition) is 2. The second kappa shape index (κ2) is 8.67. The van der Waals surface area contributed by atoms with Crippen LogP contribution in [0.1, 0.15) is 31.2 Å². The van der Waals surface area contributed by atoms with Crippen molar-refractivity contribution in [1.82, 2.24) is 10.6 Å². The number of piperidine rings is 1. The molecule has 21 heavy (non-hydrogen) atoms. The van der Waals surface area contributed by atoms with E-state index >= 15 is 0 Å². The van der Waals surface area contributed by atoms with Gasteiger partial charge >= 0.3 is 0 Å². The molecule has 1 unspecified atom stereocenters. The van der Waals surface area contributed by atoms with E-state index < -0.39 is 0 Å². The van der Waals surface area contributed by atoms with E-state index in [0.717, 1.165) is 31.7 Å². The molecule has 4 heteroatoms. The molecule has 1 heterocycles. The predicted octanol–water partition coefficient (Wildman–Crippen LogP) is 2.15. The summed E-state index contributed by atoms with van der Waals surface area (Å²) in [5.74, 6) is 1.64. The SMILES string of the molecule is COc1ccc(CCNC(=O)CCC2CCC[N]C2)cc1. The van der Waals surface area contributed by atoms with Gasteiger partial charge in [0.05, 0.1) is 7.11 Å². The van der Waals surface area contributed by atoms with Crippen molar-refractivity contribution in [3.05, 3.63) is 29.8 Å². The van der Waals surface area contributed by atoms with Gasteiger partial charge in [-0.15, -0.1) is 0 Å². The largest absolute Gasteiger partial charge is 0.497 e. The summed E-state index contributed by atoms with van der Waals surface area (Å²) < 4.78 is 5.12. The third-order valence-corrected chi connectivity index (χ3v) is 3.99. The molecule has 0 aliphatic carbocycles. The molecular formula is C17H25N2O2. The molecule has 115 valence electrons. The maximum absolute atomic E-state index is 11.8. The van der Waals surface area contributed by atoms with Crippen LogP contribution in [-0.4, -0.2) is 32.7 Å². The minimum absolute atomic E-state index is 0.161. The first-order valence-electron chi connectivity index (χ1n) is 7.81. The summed E-state index contributed by atoms with van der Waals surface area (Å²) in [5, 5.41) is 7.41. The lowest BCUT2D eigenvalue weighted by atomic mass is 9.94. The van der Waals surface area contributed by atoms with Gasteiger partial charge in [-0.3, -0.25) is 4.79 Å². The highest BCUT2D eigenvalue weighted by atomic mass is 16.5. The highest BCUT2D eigenvalue weighted by Crippen LogP contribution is 2.16. The monoisotopic (exact) mass is 289 g/mol. The zero-order chi connectivity index (χ0) is 14.9. The minimum atomic E-state index is 0.161. The zero-order valence-electron chi connectivity index (χ0n) is 12.8. The zero-order valence-corrected chi connectivity index (χ0v) is 12.8. The highest BCUT2D eigenvalue weighted by Gasteiger charge is 2.14. The molecule has 1 aromatic carbocycles. The van der Waals surface area contributed by atoms with Gasteiger partial charge in [-0.25, -0.2) is 5.32 Å². The average Bonchev–Trinajstić information content (AvgIpc) is 2.54. The number of nitrogens with zero attached hydrogens (tertiary/aromatic N) is 1. The standard InChI is InChI=1S/C17H25N2O2/c1-21-16-7-4-14(5-8-16)10-12-19-17(20)9-6-15-3-2-11-18-13-15/h4-5,7-8,15H,2-3,6,9-13H2,1H3,(H,19,20). The van der Waals surface area contributed by atoms with Crippen LogP contribution in [0.5, 0.6) is 5.75 Å². The summed E-state index contributed by atoms with van der Waals surface area (Å²) in [6.07, 6.45) is 4.86. The number of rotatable bonds is 7. The Bertz CT molecular complexity index is 425. The molecule has 1 atom stereocenters. The maximum atomic E-state index is 11.8. The van der Waals surface area contributed by atoms with Crippen LogP contribution in [0, 0.1) is 5.92 Å². The Labute approximate surface area is 127 Å². The summed E-state index contributed by atoms with van der Waals surface area (Å²) in [5.41, 5.74) is 1.21. The van der Waals surface area contributed by atoms with Gasteiger partial charge in [-0.2, -0.15) is 0 Å². The van der Waals surface area contributed by atoms with Crippen molar-refractivity contribution in [2.45, 2.75) is 32.1 Å². The second-order valence-corrected chi connectivity index (χ2v) is 5.62. The van der Waals surface area contributed by atoms with Crippen molar-refractivity contribution in [1.29, 1.82) is 0 Å². The molecule has 1 aliphatic heterocycles. The van der Waals surface area contributed by atoms with E-state index in [2.05, 4.69) is 10.6 Å². The van der Waals surface area contributed by atoms with Gasteiger partial charge in [0.1, 0.15) is 5.75 Å². The van der Waals surface area contributed by atoms with Gasteiger partial charge in [0, 0.05) is 26.1 Å². The van der Waals surface area contributed by atoms with Crippen molar-refractivity contribution in [3.8, 4) is 5.75 Å². The lowest BCUT2D eigenvalue weighted by Gasteiger charge is -2.20. The van der Waals surface area contributed by atoms with E-state index in [1.165, 1.54) is 18.4 Å². The van der Waals surface area contributed by atoms with Crippen LogP contribution in [0.3, 0.4) is 0 Å². The van der Waals surface area contributed by atoms with Crippen molar-refractivity contribution < 1.29 is 9.53 Å². The van der Waals surface area contributed by atoms with Crippen molar-refractivity contribution in [2.24, 2.45) is 5.92 Å². The van der Waals surface area contributed by atoms with Crippen LogP contribution < -0.4 is 15.4 Å². The summed E-state index contributed by atoms with van der Waals surface area (Å²) >= 11 is 0. The molecule has 1 N–H and O–H groups in total. The molecule has 1 fully saturated rings. The first-order chi connectivity index (χ1) is 10.3. The van der Waals surface area contributed by atoms with Crippen molar-refractivity contribution in [2.75, 3.05) is 26.7 Å². The van der Waals surface area contributed by atoms with E-state index in [-0.39, 0.29) is 5.91 Å². The van der Waals surface area contributed by atoms with E-state index in [1.54, 1.807) is 7.11 Å². The van der Waals surface area contributed by atoms with Crippen molar-refractivity contribution in [3.63, 3.8) is 0 Å². The number of benzene rings is 1. The Morgan fingerprint density at radius 3 is 2.86 bits per heavy atom. The Kier molecular flexibility index (Phi) is 6.54. The summed E-state index contributed by atoms with van der Waals surface area (Å²) in [7, 11) is 1.66. The van der Waals surface area contributed by atoms with Gasteiger partial charge in [0.15, 0.2) is 0 Å². The van der Waals surface area contributed by atoms with Crippen LogP contribution in [0.4, 0.5) is 0 Å². The molecule has 2 rings (SSSR count). The maximum Gasteiger partial charge on any atom is 0.220 e. The van der Waals surface area contributed by atoms with Gasteiger partial charge in [-0.1, -0.05) is 12.1 Å². The number of amides is 1. The molecule has 0 aromatic heterocycles. The number of ether oxygens (including phenoxy) is 1. The molecule has 1 aliphatic rings. The Morgan fingerprint density at radius 1 is 1.38 bits per heavy atom. The minimum Gasteiger partial charge on any atom is -0.497 e. The molecule has 0 bridgehead atoms. The predicted molar refractivity (Wildman–Crippen MR) is 83.5 cm³/mol. The third-order valence-electron chi connectivity index (χ3n) is 3.99. The molecule has 1 radical (unpaired) electrons. The lowest BCUT2D eigenvalue weighted by molar-refractivity contribution is -0.121. The molecule has 1 saturated heterocycles. The van der Waals surface area contributed by atoms with Crippen LogP contribution >= 0.6 is 0 Å². The summed E-state index contributed by atoms with van der Waals surface area (Å²) in [4.78, 5) is 11.8. The van der Waals surface area contributed by atoms with Crippen LogP contribution in [-0.2, 0) is 11.2 Å². The van der Waals surface area contributed by atoms with E-state index in [4.69, 9.17) is 4.74 Å². The molecular weight excluding hydrogens is 264 g/mol. The fourth-order valence-corrected chi connectivity index (χ4v) is 2.65. The van der Waals surface area contributed by atoms with Crippen LogP contribution in [0.2, 0.25) is 0 Å². The van der Waals surface area contributed by atoms with Gasteiger partial charge in [-0.05, 0) is 49.3 Å². The van der Waals surface area contributed by atoms with Gasteiger partial charge in [0.2, 0.25) is 5.91 Å². The first-order valence-corrected chi connectivity index (χ1v) is 7.81. The Hall–Kier alpha value is -1.55. The number of carbonyl (C=O) groups excluding carboxylic acids is 1. The van der Waals surface area contributed by atoms with E-state index in [9.17, 15) is 4.79 Å². The normalized spacial score (nSPS) is 18.2. The van der Waals surface area contributed by atoms with Gasteiger partial charge < -0.3 is 10.1 Å².